The second kappa shape index (κ2) is 5.02. The van der Waals surface area contributed by atoms with Crippen molar-refractivity contribution in [2.24, 2.45) is 5.92 Å². The molecule has 18 heavy (non-hydrogen) atoms. The molecule has 1 aromatic rings. The lowest BCUT2D eigenvalue weighted by molar-refractivity contribution is 0.255. The summed E-state index contributed by atoms with van der Waals surface area (Å²) >= 11 is 0. The molecular formula is C16H23NO. The maximum Gasteiger partial charge on any atom is 0.0527 e. The van der Waals surface area contributed by atoms with Gasteiger partial charge in [0.05, 0.1) is 6.61 Å². The Labute approximate surface area is 109 Å². The molecule has 0 radical (unpaired) electrons. The van der Waals surface area contributed by atoms with Crippen LogP contribution in [0.15, 0.2) is 24.3 Å². The zero-order chi connectivity index (χ0) is 12.4. The summed E-state index contributed by atoms with van der Waals surface area (Å²) in [7, 11) is 0. The molecule has 0 spiro atoms. The topological polar surface area (TPSA) is 32.3 Å². The summed E-state index contributed by atoms with van der Waals surface area (Å²) in [6.45, 7) is 2.65. The lowest BCUT2D eigenvalue weighted by Crippen LogP contribution is -2.28. The van der Waals surface area contributed by atoms with Gasteiger partial charge in [0.2, 0.25) is 0 Å². The molecule has 0 amide bonds. The van der Waals surface area contributed by atoms with Crippen LogP contribution in [0.4, 0.5) is 0 Å². The van der Waals surface area contributed by atoms with Gasteiger partial charge in [0.1, 0.15) is 0 Å². The number of aliphatic hydroxyl groups excluding tert-OH is 1. The van der Waals surface area contributed by atoms with E-state index in [1.807, 2.05) is 0 Å². The zero-order valence-corrected chi connectivity index (χ0v) is 11.0. The molecule has 1 heterocycles. The lowest BCUT2D eigenvalue weighted by atomic mass is 9.88. The van der Waals surface area contributed by atoms with Crippen LogP contribution in [0.3, 0.4) is 0 Å². The first-order valence-corrected chi connectivity index (χ1v) is 7.23. The molecule has 0 bridgehead atoms. The highest BCUT2D eigenvalue weighted by Gasteiger charge is 2.43. The summed E-state index contributed by atoms with van der Waals surface area (Å²) in [6.07, 6.45) is 6.11. The summed E-state index contributed by atoms with van der Waals surface area (Å²) in [4.78, 5) is 0. The fourth-order valence-corrected chi connectivity index (χ4v) is 3.14. The molecule has 2 fully saturated rings. The van der Waals surface area contributed by atoms with Gasteiger partial charge in [-0.05, 0) is 62.2 Å². The van der Waals surface area contributed by atoms with Crippen LogP contribution in [0.2, 0.25) is 0 Å². The number of rotatable bonds is 4. The molecule has 0 unspecified atom stereocenters. The first-order chi connectivity index (χ1) is 8.82. The van der Waals surface area contributed by atoms with Gasteiger partial charge in [-0.1, -0.05) is 24.3 Å². The molecule has 3 rings (SSSR count). The normalized spacial score (nSPS) is 22.9. The number of aliphatic hydroxyl groups is 1. The van der Waals surface area contributed by atoms with E-state index in [0.717, 1.165) is 18.8 Å². The van der Waals surface area contributed by atoms with E-state index in [9.17, 15) is 5.11 Å². The third-order valence-electron chi connectivity index (χ3n) is 4.68. The SMILES string of the molecule is OCC1(c2cccc(CC3CCNCC3)c2)CC1. The molecule has 2 nitrogen and oxygen atoms in total. The molecule has 2 heteroatoms. The van der Waals surface area contributed by atoms with Crippen LogP contribution >= 0.6 is 0 Å². The van der Waals surface area contributed by atoms with E-state index in [-0.39, 0.29) is 5.41 Å². The summed E-state index contributed by atoms with van der Waals surface area (Å²) in [5, 5.41) is 12.9. The summed E-state index contributed by atoms with van der Waals surface area (Å²) < 4.78 is 0. The van der Waals surface area contributed by atoms with Gasteiger partial charge in [0.15, 0.2) is 0 Å². The number of benzene rings is 1. The molecule has 1 saturated carbocycles. The average Bonchev–Trinajstić information content (AvgIpc) is 3.21. The predicted molar refractivity (Wildman–Crippen MR) is 73.7 cm³/mol. The lowest BCUT2D eigenvalue weighted by Gasteiger charge is -2.23. The molecule has 1 aromatic carbocycles. The number of nitrogens with one attached hydrogen (secondary N) is 1. The molecule has 1 saturated heterocycles. The largest absolute Gasteiger partial charge is 0.395 e. The van der Waals surface area contributed by atoms with Crippen LogP contribution in [-0.4, -0.2) is 24.8 Å². The van der Waals surface area contributed by atoms with Crippen LogP contribution in [0.1, 0.15) is 36.8 Å². The van der Waals surface area contributed by atoms with Crippen molar-refractivity contribution in [1.29, 1.82) is 0 Å². The quantitative estimate of drug-likeness (QED) is 0.853. The Morgan fingerprint density at radius 1 is 1.22 bits per heavy atom. The summed E-state index contributed by atoms with van der Waals surface area (Å²) in [6, 6.07) is 8.95. The fraction of sp³-hybridized carbons (Fsp3) is 0.625. The van der Waals surface area contributed by atoms with Crippen LogP contribution in [0, 0.1) is 5.92 Å². The Balaban J connectivity index is 1.70. The fourth-order valence-electron chi connectivity index (χ4n) is 3.14. The minimum absolute atomic E-state index is 0.115. The average molecular weight is 245 g/mol. The van der Waals surface area contributed by atoms with E-state index in [2.05, 4.69) is 29.6 Å². The molecule has 1 aliphatic carbocycles. The third-order valence-corrected chi connectivity index (χ3v) is 4.68. The molecular weight excluding hydrogens is 222 g/mol. The number of hydrogen-bond acceptors (Lipinski definition) is 2. The van der Waals surface area contributed by atoms with Crippen LogP contribution in [0.5, 0.6) is 0 Å². The number of hydrogen-bond donors (Lipinski definition) is 2. The zero-order valence-electron chi connectivity index (χ0n) is 11.0. The Morgan fingerprint density at radius 3 is 2.67 bits per heavy atom. The van der Waals surface area contributed by atoms with Gasteiger partial charge in [-0.15, -0.1) is 0 Å². The van der Waals surface area contributed by atoms with Crippen LogP contribution in [0.25, 0.3) is 0 Å². The van der Waals surface area contributed by atoms with Gasteiger partial charge in [0.25, 0.3) is 0 Å². The van der Waals surface area contributed by atoms with Gasteiger partial charge >= 0.3 is 0 Å². The highest BCUT2D eigenvalue weighted by atomic mass is 16.3. The van der Waals surface area contributed by atoms with Gasteiger partial charge in [-0.2, -0.15) is 0 Å². The molecule has 1 aliphatic heterocycles. The van der Waals surface area contributed by atoms with Gasteiger partial charge < -0.3 is 10.4 Å². The molecule has 0 aromatic heterocycles. The van der Waals surface area contributed by atoms with Gasteiger partial charge in [-0.3, -0.25) is 0 Å². The van der Waals surface area contributed by atoms with E-state index >= 15 is 0 Å². The van der Waals surface area contributed by atoms with E-state index < -0.39 is 0 Å². The smallest absolute Gasteiger partial charge is 0.0527 e. The van der Waals surface area contributed by atoms with Crippen LogP contribution in [-0.2, 0) is 11.8 Å². The van der Waals surface area contributed by atoms with Crippen molar-refractivity contribution in [3.8, 4) is 0 Å². The van der Waals surface area contributed by atoms with E-state index in [4.69, 9.17) is 0 Å². The highest BCUT2D eigenvalue weighted by molar-refractivity contribution is 5.35. The van der Waals surface area contributed by atoms with Crippen molar-refractivity contribution in [1.82, 2.24) is 5.32 Å². The van der Waals surface area contributed by atoms with Crippen molar-refractivity contribution < 1.29 is 5.11 Å². The van der Waals surface area contributed by atoms with Crippen molar-refractivity contribution in [2.45, 2.75) is 37.5 Å². The maximum absolute atomic E-state index is 9.51. The minimum Gasteiger partial charge on any atom is -0.395 e. The second-order valence-corrected chi connectivity index (χ2v) is 6.04. The summed E-state index contributed by atoms with van der Waals surface area (Å²) in [5.41, 5.74) is 2.93. The van der Waals surface area contributed by atoms with Crippen molar-refractivity contribution in [2.75, 3.05) is 19.7 Å². The Hall–Kier alpha value is -0.860. The first-order valence-electron chi connectivity index (χ1n) is 7.23. The van der Waals surface area contributed by atoms with Crippen molar-refractivity contribution >= 4 is 0 Å². The second-order valence-electron chi connectivity index (χ2n) is 6.04. The molecule has 2 aliphatic rings. The van der Waals surface area contributed by atoms with E-state index in [1.165, 1.54) is 43.5 Å². The monoisotopic (exact) mass is 245 g/mol. The Kier molecular flexibility index (Phi) is 3.40. The molecule has 0 atom stereocenters. The Morgan fingerprint density at radius 2 is 2.00 bits per heavy atom. The first kappa shape index (κ1) is 12.2. The summed E-state index contributed by atoms with van der Waals surface area (Å²) in [5.74, 6) is 0.839. The van der Waals surface area contributed by atoms with E-state index in [0.29, 0.717) is 6.61 Å². The van der Waals surface area contributed by atoms with Gasteiger partial charge in [0, 0.05) is 5.41 Å². The van der Waals surface area contributed by atoms with Crippen molar-refractivity contribution in [3.05, 3.63) is 35.4 Å². The van der Waals surface area contributed by atoms with Gasteiger partial charge in [-0.25, -0.2) is 0 Å². The molecule has 2 N–H and O–H groups in total. The number of piperidine rings is 1. The van der Waals surface area contributed by atoms with Crippen LogP contribution < -0.4 is 5.32 Å². The highest BCUT2D eigenvalue weighted by Crippen LogP contribution is 2.47. The molecule has 98 valence electrons. The predicted octanol–water partition coefficient (Wildman–Crippen LogP) is 2.25. The van der Waals surface area contributed by atoms with E-state index in [1.54, 1.807) is 0 Å². The minimum atomic E-state index is 0.115. The third kappa shape index (κ3) is 2.45. The maximum atomic E-state index is 9.51. The Bertz CT molecular complexity index is 405. The van der Waals surface area contributed by atoms with Crippen molar-refractivity contribution in [3.63, 3.8) is 0 Å². The standard InChI is InChI=1S/C16H23NO/c18-12-16(6-7-16)15-3-1-2-14(11-15)10-13-4-8-17-9-5-13/h1-3,11,13,17-18H,4-10,12H2.